The Morgan fingerprint density at radius 3 is 2.64 bits per heavy atom. The third-order valence-electron chi connectivity index (χ3n) is 2.97. The topological polar surface area (TPSA) is 58.8 Å². The minimum Gasteiger partial charge on any atom is -0.379 e. The van der Waals surface area contributed by atoms with Crippen molar-refractivity contribution in [2.24, 2.45) is 5.73 Å². The molecular weight excluding hydrogens is 182 g/mol. The quantitative estimate of drug-likeness (QED) is 0.637. The van der Waals surface area contributed by atoms with Crippen molar-refractivity contribution in [1.29, 1.82) is 0 Å². The lowest BCUT2D eigenvalue weighted by molar-refractivity contribution is -0.00893. The Kier molecular flexibility index (Phi) is 2.88. The second-order valence-electron chi connectivity index (χ2n) is 3.80. The van der Waals surface area contributed by atoms with Crippen molar-refractivity contribution in [3.05, 3.63) is 0 Å². The molecule has 80 valence electrons. The van der Waals surface area contributed by atoms with Gasteiger partial charge in [-0.05, 0) is 12.8 Å². The molecule has 0 saturated carbocycles. The zero-order valence-corrected chi connectivity index (χ0v) is 8.32. The number of rotatable bonds is 1. The van der Waals surface area contributed by atoms with Crippen molar-refractivity contribution in [3.63, 3.8) is 0 Å². The molecule has 2 heterocycles. The summed E-state index contributed by atoms with van der Waals surface area (Å²) < 4.78 is 5.28. The number of hydrogen-bond donors (Lipinski definition) is 1. The Morgan fingerprint density at radius 1 is 1.29 bits per heavy atom. The number of primary amides is 1. The largest absolute Gasteiger partial charge is 0.379 e. The number of amides is 2. The minimum atomic E-state index is -0.293. The van der Waals surface area contributed by atoms with Crippen LogP contribution in [0.1, 0.15) is 12.8 Å². The van der Waals surface area contributed by atoms with Gasteiger partial charge in [-0.2, -0.15) is 0 Å². The van der Waals surface area contributed by atoms with Gasteiger partial charge in [0.2, 0.25) is 0 Å². The second-order valence-corrected chi connectivity index (χ2v) is 3.80. The van der Waals surface area contributed by atoms with Gasteiger partial charge >= 0.3 is 6.03 Å². The van der Waals surface area contributed by atoms with Crippen molar-refractivity contribution in [2.45, 2.75) is 19.0 Å². The molecule has 2 aliphatic rings. The maximum atomic E-state index is 11.1. The highest BCUT2D eigenvalue weighted by Gasteiger charge is 2.32. The van der Waals surface area contributed by atoms with Gasteiger partial charge in [0.1, 0.15) is 0 Å². The molecule has 0 spiro atoms. The van der Waals surface area contributed by atoms with Crippen LogP contribution in [0.15, 0.2) is 0 Å². The molecular formula is C9H17N3O2. The van der Waals surface area contributed by atoms with E-state index < -0.39 is 0 Å². The summed E-state index contributed by atoms with van der Waals surface area (Å²) in [6.07, 6.45) is 2.32. The van der Waals surface area contributed by atoms with Gasteiger partial charge in [0, 0.05) is 19.6 Å². The Hall–Kier alpha value is -0.810. The van der Waals surface area contributed by atoms with E-state index in [0.717, 1.165) is 45.7 Å². The van der Waals surface area contributed by atoms with Crippen molar-refractivity contribution in [1.82, 2.24) is 9.80 Å². The molecule has 14 heavy (non-hydrogen) atoms. The number of morpholine rings is 1. The van der Waals surface area contributed by atoms with Crippen LogP contribution in [0.4, 0.5) is 4.79 Å². The highest BCUT2D eigenvalue weighted by molar-refractivity contribution is 5.72. The van der Waals surface area contributed by atoms with Gasteiger partial charge in [0.05, 0.1) is 19.4 Å². The summed E-state index contributed by atoms with van der Waals surface area (Å²) in [5, 5.41) is 0. The fraction of sp³-hybridized carbons (Fsp3) is 0.889. The molecule has 0 aromatic carbocycles. The van der Waals surface area contributed by atoms with Gasteiger partial charge in [0.25, 0.3) is 0 Å². The third-order valence-corrected chi connectivity index (χ3v) is 2.97. The maximum Gasteiger partial charge on any atom is 0.316 e. The summed E-state index contributed by atoms with van der Waals surface area (Å²) in [6, 6.07) is -0.293. The molecule has 0 aromatic heterocycles. The fourth-order valence-corrected chi connectivity index (χ4v) is 2.26. The van der Waals surface area contributed by atoms with E-state index in [1.54, 1.807) is 4.90 Å². The van der Waals surface area contributed by atoms with E-state index in [1.165, 1.54) is 0 Å². The van der Waals surface area contributed by atoms with Gasteiger partial charge in [-0.1, -0.05) is 0 Å². The molecule has 0 aliphatic carbocycles. The molecule has 0 aromatic rings. The normalized spacial score (nSPS) is 29.4. The van der Waals surface area contributed by atoms with Crippen LogP contribution in [-0.2, 0) is 4.74 Å². The molecule has 1 atom stereocenters. The lowest BCUT2D eigenvalue weighted by Crippen LogP contribution is -2.52. The zero-order chi connectivity index (χ0) is 9.97. The van der Waals surface area contributed by atoms with E-state index >= 15 is 0 Å². The van der Waals surface area contributed by atoms with Gasteiger partial charge < -0.3 is 15.4 Å². The molecule has 2 saturated heterocycles. The van der Waals surface area contributed by atoms with Crippen molar-refractivity contribution in [2.75, 3.05) is 32.8 Å². The van der Waals surface area contributed by atoms with Crippen LogP contribution in [0.3, 0.4) is 0 Å². The minimum absolute atomic E-state index is 0.219. The smallest absolute Gasteiger partial charge is 0.316 e. The summed E-state index contributed by atoms with van der Waals surface area (Å²) in [4.78, 5) is 15.2. The SMILES string of the molecule is NC(=O)N1CCCC1N1CCOCC1. The predicted molar refractivity (Wildman–Crippen MR) is 51.7 cm³/mol. The maximum absolute atomic E-state index is 11.1. The van der Waals surface area contributed by atoms with Crippen LogP contribution in [0.5, 0.6) is 0 Å². The number of nitrogens with two attached hydrogens (primary N) is 1. The van der Waals surface area contributed by atoms with Crippen LogP contribution >= 0.6 is 0 Å². The van der Waals surface area contributed by atoms with Crippen LogP contribution in [0.2, 0.25) is 0 Å². The second kappa shape index (κ2) is 4.14. The van der Waals surface area contributed by atoms with Crippen LogP contribution < -0.4 is 5.73 Å². The summed E-state index contributed by atoms with van der Waals surface area (Å²) in [5.41, 5.74) is 5.32. The van der Waals surface area contributed by atoms with Gasteiger partial charge in [-0.3, -0.25) is 4.90 Å². The van der Waals surface area contributed by atoms with Gasteiger partial charge in [0.15, 0.2) is 0 Å². The average molecular weight is 199 g/mol. The van der Waals surface area contributed by atoms with Gasteiger partial charge in [-0.25, -0.2) is 4.79 Å². The lowest BCUT2D eigenvalue weighted by Gasteiger charge is -2.36. The molecule has 5 nitrogen and oxygen atoms in total. The standard InChI is InChI=1S/C9H17N3O2/c10-9(13)12-3-1-2-8(12)11-4-6-14-7-5-11/h8H,1-7H2,(H2,10,13). The number of urea groups is 1. The number of hydrogen-bond acceptors (Lipinski definition) is 3. The van der Waals surface area contributed by atoms with E-state index in [1.807, 2.05) is 0 Å². The first-order chi connectivity index (χ1) is 6.79. The fourth-order valence-electron chi connectivity index (χ4n) is 2.26. The van der Waals surface area contributed by atoms with E-state index in [-0.39, 0.29) is 12.2 Å². The van der Waals surface area contributed by atoms with E-state index in [0.29, 0.717) is 0 Å². The molecule has 2 rings (SSSR count). The van der Waals surface area contributed by atoms with Crippen molar-refractivity contribution < 1.29 is 9.53 Å². The van der Waals surface area contributed by atoms with Crippen LogP contribution in [0.25, 0.3) is 0 Å². The number of carbonyl (C=O) groups excluding carboxylic acids is 1. The summed E-state index contributed by atoms with van der Waals surface area (Å²) >= 11 is 0. The highest BCUT2D eigenvalue weighted by atomic mass is 16.5. The number of likely N-dealkylation sites (tertiary alicyclic amines) is 1. The summed E-state index contributed by atoms with van der Waals surface area (Å²) in [5.74, 6) is 0. The first-order valence-corrected chi connectivity index (χ1v) is 5.17. The van der Waals surface area contributed by atoms with E-state index in [4.69, 9.17) is 10.5 Å². The molecule has 0 bridgehead atoms. The monoisotopic (exact) mass is 199 g/mol. The molecule has 5 heteroatoms. The Balaban J connectivity index is 1.97. The molecule has 2 fully saturated rings. The lowest BCUT2D eigenvalue weighted by atomic mass is 10.3. The first kappa shape index (κ1) is 9.73. The van der Waals surface area contributed by atoms with Crippen molar-refractivity contribution >= 4 is 6.03 Å². The molecule has 1 unspecified atom stereocenters. The number of carbonyl (C=O) groups is 1. The summed E-state index contributed by atoms with van der Waals surface area (Å²) in [7, 11) is 0. The first-order valence-electron chi connectivity index (χ1n) is 5.17. The van der Waals surface area contributed by atoms with Crippen LogP contribution in [0, 0.1) is 0 Å². The third kappa shape index (κ3) is 1.83. The Labute approximate surface area is 83.8 Å². The average Bonchev–Trinajstić information content (AvgIpc) is 2.67. The van der Waals surface area contributed by atoms with Crippen LogP contribution in [-0.4, -0.2) is 54.8 Å². The summed E-state index contributed by atoms with van der Waals surface area (Å²) in [6.45, 7) is 4.16. The predicted octanol–water partition coefficient (Wildman–Crippen LogP) is -0.181. The number of ether oxygens (including phenoxy) is 1. The molecule has 2 N–H and O–H groups in total. The Bertz CT molecular complexity index is 216. The molecule has 2 amide bonds. The zero-order valence-electron chi connectivity index (χ0n) is 8.32. The molecule has 0 radical (unpaired) electrons. The van der Waals surface area contributed by atoms with Crippen molar-refractivity contribution in [3.8, 4) is 0 Å². The molecule has 2 aliphatic heterocycles. The van der Waals surface area contributed by atoms with E-state index in [2.05, 4.69) is 4.90 Å². The van der Waals surface area contributed by atoms with Gasteiger partial charge in [-0.15, -0.1) is 0 Å². The number of nitrogens with zero attached hydrogens (tertiary/aromatic N) is 2. The highest BCUT2D eigenvalue weighted by Crippen LogP contribution is 2.21. The van der Waals surface area contributed by atoms with E-state index in [9.17, 15) is 4.79 Å². The Morgan fingerprint density at radius 2 is 2.00 bits per heavy atom.